The molecule has 0 unspecified atom stereocenters. The Balaban J connectivity index is 1.90. The lowest BCUT2D eigenvalue weighted by Crippen LogP contribution is -2.08. The Morgan fingerprint density at radius 1 is 0.297 bits per heavy atom. The number of nitrogens with zero attached hydrogens (tertiary/aromatic N) is 2. The first-order chi connectivity index (χ1) is 31.6. The van der Waals surface area contributed by atoms with Gasteiger partial charge in [-0.2, -0.15) is 0 Å². The Morgan fingerprint density at radius 2 is 0.562 bits per heavy atom. The van der Waals surface area contributed by atoms with Gasteiger partial charge in [0.1, 0.15) is 0 Å². The van der Waals surface area contributed by atoms with Crippen molar-refractivity contribution in [2.24, 2.45) is 9.98 Å². The summed E-state index contributed by atoms with van der Waals surface area (Å²) in [6.07, 6.45) is 31.0. The lowest BCUT2D eigenvalue weighted by Gasteiger charge is -2.19. The second-order valence-electron chi connectivity index (χ2n) is 17.1. The van der Waals surface area contributed by atoms with Crippen molar-refractivity contribution in [2.45, 2.75) is 196 Å². The zero-order valence-electron chi connectivity index (χ0n) is 41.3. The van der Waals surface area contributed by atoms with Crippen molar-refractivity contribution in [1.29, 1.82) is 0 Å². The predicted octanol–water partition coefficient (Wildman–Crippen LogP) is 16.9. The van der Waals surface area contributed by atoms with Crippen molar-refractivity contribution >= 4 is 23.8 Å². The van der Waals surface area contributed by atoms with Gasteiger partial charge in [-0.3, -0.25) is 9.98 Å². The molecule has 0 spiro atoms. The zero-order chi connectivity index (χ0) is 45.7. The Bertz CT molecular complexity index is 1550. The van der Waals surface area contributed by atoms with Gasteiger partial charge < -0.3 is 28.4 Å². The lowest BCUT2D eigenvalue weighted by molar-refractivity contribution is 0.234. The number of hydrogen-bond acceptors (Lipinski definition) is 8. The summed E-state index contributed by atoms with van der Waals surface area (Å²) in [5, 5.41) is 0. The average Bonchev–Trinajstić information content (AvgIpc) is 3.31. The second kappa shape index (κ2) is 36.1. The molecular weight excluding hydrogens is 797 g/mol. The van der Waals surface area contributed by atoms with Gasteiger partial charge in [-0.05, 0) is 87.1 Å². The third-order valence-corrected chi connectivity index (χ3v) is 11.3. The summed E-state index contributed by atoms with van der Waals surface area (Å²) < 4.78 is 38.9. The van der Waals surface area contributed by atoms with Crippen LogP contribution in [0.1, 0.15) is 207 Å². The summed E-state index contributed by atoms with van der Waals surface area (Å²) in [7, 11) is 0. The highest BCUT2D eigenvalue weighted by Crippen LogP contribution is 2.42. The van der Waals surface area contributed by atoms with Gasteiger partial charge in [0.05, 0.1) is 51.0 Å². The van der Waals surface area contributed by atoms with Crippen LogP contribution in [0.3, 0.4) is 0 Å². The minimum atomic E-state index is 0.618. The molecule has 0 N–H and O–H groups in total. The number of ether oxygens (including phenoxy) is 6. The van der Waals surface area contributed by atoms with Crippen molar-refractivity contribution < 1.29 is 28.4 Å². The van der Waals surface area contributed by atoms with E-state index in [4.69, 9.17) is 38.4 Å². The second-order valence-corrected chi connectivity index (χ2v) is 17.1. The van der Waals surface area contributed by atoms with Crippen LogP contribution in [0.25, 0.3) is 0 Å². The highest BCUT2D eigenvalue weighted by atomic mass is 16.5. The predicted molar refractivity (Wildman–Crippen MR) is 272 cm³/mol. The molecule has 0 radical (unpaired) electrons. The van der Waals surface area contributed by atoms with Crippen LogP contribution in [0.4, 0.5) is 11.4 Å². The molecule has 0 amide bonds. The molecule has 0 aliphatic heterocycles. The van der Waals surface area contributed by atoms with Crippen molar-refractivity contribution in [3.8, 4) is 34.5 Å². The highest BCUT2D eigenvalue weighted by molar-refractivity contribution is 5.89. The minimum Gasteiger partial charge on any atom is -0.490 e. The van der Waals surface area contributed by atoms with E-state index in [0.717, 1.165) is 111 Å². The van der Waals surface area contributed by atoms with Gasteiger partial charge in [-0.25, -0.2) is 0 Å². The van der Waals surface area contributed by atoms with Crippen LogP contribution in [-0.4, -0.2) is 52.1 Å². The summed E-state index contributed by atoms with van der Waals surface area (Å²) >= 11 is 0. The Labute approximate surface area is 390 Å². The molecule has 0 bridgehead atoms. The van der Waals surface area contributed by atoms with Crippen LogP contribution in [-0.2, 0) is 0 Å². The van der Waals surface area contributed by atoms with E-state index in [1.165, 1.54) is 77.0 Å². The summed E-state index contributed by atoms with van der Waals surface area (Å²) in [4.78, 5) is 9.83. The molecule has 0 aliphatic rings. The van der Waals surface area contributed by atoms with Crippen LogP contribution in [0, 0.1) is 0 Å². The fourth-order valence-corrected chi connectivity index (χ4v) is 7.27. The maximum Gasteiger partial charge on any atom is 0.204 e. The first-order valence-corrected chi connectivity index (χ1v) is 25.9. The number of rotatable bonds is 40. The SMILES string of the molecule is CCCCCCOc1ccc(C=Nc2ccc(N=Cc3ccc(OCCCCCC)c(OCCCCCC)c3OCCCCCC)cc2)c(OCCCCCC)c1OCCCCCC. The van der Waals surface area contributed by atoms with Gasteiger partial charge >= 0.3 is 0 Å². The first kappa shape index (κ1) is 54.1. The van der Waals surface area contributed by atoms with Crippen LogP contribution >= 0.6 is 0 Å². The summed E-state index contributed by atoms with van der Waals surface area (Å²) in [6.45, 7) is 17.2. The summed E-state index contributed by atoms with van der Waals surface area (Å²) in [5.74, 6) is 4.30. The topological polar surface area (TPSA) is 80.1 Å². The molecule has 0 heterocycles. The fraction of sp³-hybridized carbons (Fsp3) is 0.643. The molecule has 8 nitrogen and oxygen atoms in total. The molecule has 3 aromatic carbocycles. The molecule has 358 valence electrons. The quantitative estimate of drug-likeness (QED) is 0.0418. The molecule has 0 atom stereocenters. The summed E-state index contributed by atoms with van der Waals surface area (Å²) in [6, 6.07) is 16.1. The van der Waals surface area contributed by atoms with Crippen LogP contribution in [0.15, 0.2) is 58.5 Å². The zero-order valence-corrected chi connectivity index (χ0v) is 41.3. The van der Waals surface area contributed by atoms with E-state index >= 15 is 0 Å². The van der Waals surface area contributed by atoms with Gasteiger partial charge in [-0.15, -0.1) is 0 Å². The molecule has 0 aliphatic carbocycles. The van der Waals surface area contributed by atoms with Gasteiger partial charge in [0.25, 0.3) is 0 Å². The number of unbranched alkanes of at least 4 members (excludes halogenated alkanes) is 18. The lowest BCUT2D eigenvalue weighted by atomic mass is 10.1. The van der Waals surface area contributed by atoms with E-state index in [0.29, 0.717) is 62.6 Å². The monoisotopic (exact) mass is 885 g/mol. The first-order valence-electron chi connectivity index (χ1n) is 25.9. The molecule has 0 fully saturated rings. The van der Waals surface area contributed by atoms with Crippen LogP contribution in [0.5, 0.6) is 34.5 Å². The van der Waals surface area contributed by atoms with Crippen LogP contribution < -0.4 is 28.4 Å². The molecule has 0 saturated carbocycles. The van der Waals surface area contributed by atoms with Crippen molar-refractivity contribution in [3.63, 3.8) is 0 Å². The molecule has 3 aromatic rings. The van der Waals surface area contributed by atoms with Gasteiger partial charge in [0.2, 0.25) is 11.5 Å². The minimum absolute atomic E-state index is 0.618. The maximum absolute atomic E-state index is 6.56. The van der Waals surface area contributed by atoms with E-state index < -0.39 is 0 Å². The van der Waals surface area contributed by atoms with E-state index in [-0.39, 0.29) is 0 Å². The molecular formula is C56H88N2O6. The van der Waals surface area contributed by atoms with Gasteiger partial charge in [0, 0.05) is 23.6 Å². The third kappa shape index (κ3) is 22.1. The summed E-state index contributed by atoms with van der Waals surface area (Å²) in [5.41, 5.74) is 3.39. The largest absolute Gasteiger partial charge is 0.490 e. The standard InChI is InChI=1S/C56H88N2O6/c1-7-13-19-25-39-59-51-37-31-47(53(61-41-27-21-15-9-3)55(51)63-43-29-23-17-11-5)45-57-49-33-35-50(36-34-49)58-46-48-32-38-52(60-40-26-20-14-8-2)56(64-44-30-24-18-12-6)54(48)62-42-28-22-16-10-4/h31-38,45-46H,7-30,39-44H2,1-6H3. The number of benzene rings is 3. The Hall–Kier alpha value is -4.20. The number of aliphatic imine (C=N–C) groups is 2. The molecule has 64 heavy (non-hydrogen) atoms. The molecule has 0 aromatic heterocycles. The van der Waals surface area contributed by atoms with Crippen molar-refractivity contribution in [2.75, 3.05) is 39.6 Å². The van der Waals surface area contributed by atoms with E-state index in [9.17, 15) is 0 Å². The van der Waals surface area contributed by atoms with Crippen molar-refractivity contribution in [1.82, 2.24) is 0 Å². The Morgan fingerprint density at radius 3 is 0.844 bits per heavy atom. The van der Waals surface area contributed by atoms with Gasteiger partial charge in [0.15, 0.2) is 23.0 Å². The smallest absolute Gasteiger partial charge is 0.204 e. The van der Waals surface area contributed by atoms with E-state index in [2.05, 4.69) is 41.5 Å². The van der Waals surface area contributed by atoms with E-state index in [1.807, 2.05) is 61.0 Å². The maximum atomic E-state index is 6.56. The Kier molecular flexibility index (Phi) is 30.5. The van der Waals surface area contributed by atoms with Gasteiger partial charge in [-0.1, -0.05) is 157 Å². The molecule has 0 saturated heterocycles. The fourth-order valence-electron chi connectivity index (χ4n) is 7.27. The average molecular weight is 885 g/mol. The normalized spacial score (nSPS) is 11.5. The van der Waals surface area contributed by atoms with E-state index in [1.54, 1.807) is 0 Å². The highest BCUT2D eigenvalue weighted by Gasteiger charge is 2.19. The molecule has 8 heteroatoms. The number of hydrogen-bond donors (Lipinski definition) is 0. The third-order valence-electron chi connectivity index (χ3n) is 11.3. The van der Waals surface area contributed by atoms with Crippen LogP contribution in [0.2, 0.25) is 0 Å². The van der Waals surface area contributed by atoms with Crippen molar-refractivity contribution in [3.05, 3.63) is 59.7 Å². The molecule has 3 rings (SSSR count).